The lowest BCUT2D eigenvalue weighted by Gasteiger charge is -2.07. The first-order chi connectivity index (χ1) is 9.31. The third-order valence-electron chi connectivity index (χ3n) is 3.24. The van der Waals surface area contributed by atoms with Crippen molar-refractivity contribution in [2.75, 3.05) is 13.7 Å². The highest BCUT2D eigenvalue weighted by atomic mass is 16.5. The highest BCUT2D eigenvalue weighted by Gasteiger charge is 2.35. The molecule has 0 amide bonds. The first-order valence-electron chi connectivity index (χ1n) is 6.40. The summed E-state index contributed by atoms with van der Waals surface area (Å²) in [6, 6.07) is 0. The second-order valence-corrected chi connectivity index (χ2v) is 4.74. The Kier molecular flexibility index (Phi) is 3.31. The highest BCUT2D eigenvalue weighted by Crippen LogP contribution is 2.42. The first kappa shape index (κ1) is 12.3. The van der Waals surface area contributed by atoms with Gasteiger partial charge in [-0.2, -0.15) is 4.98 Å². The van der Waals surface area contributed by atoms with Crippen LogP contribution in [0.25, 0.3) is 11.6 Å². The number of imidazole rings is 1. The van der Waals surface area contributed by atoms with Crippen LogP contribution in [0.5, 0.6) is 0 Å². The molecule has 7 heteroatoms. The van der Waals surface area contributed by atoms with Crippen LogP contribution >= 0.6 is 0 Å². The summed E-state index contributed by atoms with van der Waals surface area (Å²) >= 11 is 0. The van der Waals surface area contributed by atoms with Gasteiger partial charge in [-0.15, -0.1) is 0 Å². The number of hydrogen-bond acceptors (Lipinski definition) is 6. The van der Waals surface area contributed by atoms with Gasteiger partial charge in [-0.25, -0.2) is 4.98 Å². The summed E-state index contributed by atoms with van der Waals surface area (Å²) in [6.45, 7) is 1.29. The van der Waals surface area contributed by atoms with Crippen LogP contribution in [0.15, 0.2) is 17.0 Å². The minimum Gasteiger partial charge on any atom is -0.373 e. The predicted octanol–water partition coefficient (Wildman–Crippen LogP) is 0.989. The Bertz CT molecular complexity index is 546. The molecule has 2 aromatic rings. The lowest BCUT2D eigenvalue weighted by atomic mass is 10.2. The molecule has 1 aliphatic rings. The molecule has 2 N–H and O–H groups in total. The molecule has 1 aliphatic carbocycles. The van der Waals surface area contributed by atoms with Gasteiger partial charge in [-0.1, -0.05) is 5.16 Å². The summed E-state index contributed by atoms with van der Waals surface area (Å²) in [5.41, 5.74) is 6.16. The van der Waals surface area contributed by atoms with Crippen LogP contribution in [0, 0.1) is 5.92 Å². The Morgan fingerprint density at radius 1 is 1.58 bits per heavy atom. The number of nitrogens with zero attached hydrogens (tertiary/aromatic N) is 4. The van der Waals surface area contributed by atoms with Gasteiger partial charge in [-0.05, 0) is 18.8 Å². The van der Waals surface area contributed by atoms with Crippen molar-refractivity contribution in [2.24, 2.45) is 11.7 Å². The van der Waals surface area contributed by atoms with Gasteiger partial charge >= 0.3 is 0 Å². The molecule has 1 saturated carbocycles. The van der Waals surface area contributed by atoms with Crippen LogP contribution in [-0.4, -0.2) is 33.3 Å². The second kappa shape index (κ2) is 5.10. The maximum Gasteiger partial charge on any atom is 0.278 e. The lowest BCUT2D eigenvalue weighted by molar-refractivity contribution is 0.0751. The fraction of sp³-hybridized carbons (Fsp3) is 0.583. The largest absolute Gasteiger partial charge is 0.373 e. The maximum absolute atomic E-state index is 5.49. The van der Waals surface area contributed by atoms with Crippen molar-refractivity contribution in [3.63, 3.8) is 0 Å². The van der Waals surface area contributed by atoms with E-state index in [2.05, 4.69) is 15.1 Å². The molecule has 0 aromatic carbocycles. The zero-order valence-electron chi connectivity index (χ0n) is 10.8. The summed E-state index contributed by atoms with van der Waals surface area (Å²) in [6.07, 6.45) is 5.81. The van der Waals surface area contributed by atoms with Crippen molar-refractivity contribution in [2.45, 2.75) is 25.5 Å². The molecule has 0 aliphatic heterocycles. The zero-order chi connectivity index (χ0) is 13.2. The van der Waals surface area contributed by atoms with E-state index < -0.39 is 0 Å². The summed E-state index contributed by atoms with van der Waals surface area (Å²) in [4.78, 5) is 8.61. The van der Waals surface area contributed by atoms with E-state index in [1.54, 1.807) is 13.4 Å². The first-order valence-corrected chi connectivity index (χ1v) is 6.40. The average molecular weight is 263 g/mol. The van der Waals surface area contributed by atoms with E-state index in [0.717, 1.165) is 19.4 Å². The molecule has 0 saturated heterocycles. The van der Waals surface area contributed by atoms with Gasteiger partial charge in [0.1, 0.15) is 11.8 Å². The van der Waals surface area contributed by atoms with Crippen molar-refractivity contribution in [1.82, 2.24) is 19.7 Å². The predicted molar refractivity (Wildman–Crippen MR) is 67.0 cm³/mol. The Morgan fingerprint density at radius 3 is 3.11 bits per heavy atom. The number of aromatic nitrogens is 4. The fourth-order valence-electron chi connectivity index (χ4n) is 2.10. The Labute approximate surface area is 110 Å². The second-order valence-electron chi connectivity index (χ2n) is 4.74. The quantitative estimate of drug-likeness (QED) is 0.835. The van der Waals surface area contributed by atoms with Crippen LogP contribution in [0.1, 0.15) is 24.8 Å². The molecular weight excluding hydrogens is 246 g/mol. The van der Waals surface area contributed by atoms with Crippen molar-refractivity contribution in [3.8, 4) is 11.6 Å². The van der Waals surface area contributed by atoms with Gasteiger partial charge in [0.2, 0.25) is 5.82 Å². The Morgan fingerprint density at radius 2 is 2.42 bits per heavy atom. The van der Waals surface area contributed by atoms with Gasteiger partial charge in [0.15, 0.2) is 0 Å². The molecule has 2 aromatic heterocycles. The van der Waals surface area contributed by atoms with Crippen molar-refractivity contribution in [1.29, 1.82) is 0 Å². The molecule has 1 atom stereocenters. The molecule has 0 radical (unpaired) electrons. The Balaban J connectivity index is 1.79. The molecule has 2 heterocycles. The molecule has 0 bridgehead atoms. The minimum atomic E-state index is -0.0661. The number of ether oxygens (including phenoxy) is 1. The molecule has 102 valence electrons. The molecule has 7 nitrogen and oxygen atoms in total. The van der Waals surface area contributed by atoms with Crippen molar-refractivity contribution >= 4 is 0 Å². The summed E-state index contributed by atoms with van der Waals surface area (Å²) in [5, 5.41) is 4.00. The van der Waals surface area contributed by atoms with Crippen molar-refractivity contribution in [3.05, 3.63) is 18.3 Å². The summed E-state index contributed by atoms with van der Waals surface area (Å²) in [5.74, 6) is 1.55. The number of hydrogen-bond donors (Lipinski definition) is 1. The highest BCUT2D eigenvalue weighted by molar-refractivity contribution is 5.44. The normalized spacial score (nSPS) is 16.7. The third-order valence-corrected chi connectivity index (χ3v) is 3.24. The van der Waals surface area contributed by atoms with E-state index in [1.807, 2.05) is 10.8 Å². The van der Waals surface area contributed by atoms with Gasteiger partial charge in [-0.3, -0.25) is 0 Å². The number of methoxy groups -OCH3 is 1. The number of rotatable bonds is 6. The summed E-state index contributed by atoms with van der Waals surface area (Å²) in [7, 11) is 1.68. The van der Waals surface area contributed by atoms with E-state index in [-0.39, 0.29) is 6.10 Å². The van der Waals surface area contributed by atoms with Gasteiger partial charge in [0.05, 0.1) is 6.33 Å². The molecule has 1 fully saturated rings. The van der Waals surface area contributed by atoms with Gasteiger partial charge in [0, 0.05) is 26.4 Å². The molecule has 0 spiro atoms. The Hall–Kier alpha value is -1.73. The van der Waals surface area contributed by atoms with Gasteiger partial charge < -0.3 is 19.6 Å². The topological polar surface area (TPSA) is 92.0 Å². The van der Waals surface area contributed by atoms with Crippen LogP contribution < -0.4 is 5.73 Å². The van der Waals surface area contributed by atoms with Gasteiger partial charge in [0.25, 0.3) is 5.89 Å². The molecule has 19 heavy (non-hydrogen) atoms. The molecular formula is C12H17N5O2. The van der Waals surface area contributed by atoms with Crippen LogP contribution in [-0.2, 0) is 11.3 Å². The van der Waals surface area contributed by atoms with Crippen molar-refractivity contribution < 1.29 is 9.26 Å². The average Bonchev–Trinajstić information content (AvgIpc) is 2.94. The minimum absolute atomic E-state index is 0.0661. The summed E-state index contributed by atoms with van der Waals surface area (Å²) < 4.78 is 12.6. The zero-order valence-corrected chi connectivity index (χ0v) is 10.8. The van der Waals surface area contributed by atoms with E-state index >= 15 is 0 Å². The SMILES string of the molecule is COC(c1noc(-c2cn(CCN)cn2)n1)C1CC1. The van der Waals surface area contributed by atoms with E-state index in [1.165, 1.54) is 0 Å². The van der Waals surface area contributed by atoms with E-state index in [4.69, 9.17) is 15.0 Å². The monoisotopic (exact) mass is 263 g/mol. The van der Waals surface area contributed by atoms with Crippen LogP contribution in [0.4, 0.5) is 0 Å². The van der Waals surface area contributed by atoms with E-state index in [0.29, 0.717) is 29.9 Å². The van der Waals surface area contributed by atoms with Crippen LogP contribution in [0.2, 0.25) is 0 Å². The molecule has 3 rings (SSSR count). The maximum atomic E-state index is 5.49. The lowest BCUT2D eigenvalue weighted by Crippen LogP contribution is -2.07. The molecule has 1 unspecified atom stereocenters. The van der Waals surface area contributed by atoms with E-state index in [9.17, 15) is 0 Å². The third kappa shape index (κ3) is 2.52. The fourth-order valence-corrected chi connectivity index (χ4v) is 2.10. The van der Waals surface area contributed by atoms with Crippen LogP contribution in [0.3, 0.4) is 0 Å². The number of nitrogens with two attached hydrogens (primary N) is 1. The standard InChI is InChI=1S/C12H17N5O2/c1-18-10(8-2-3-8)11-15-12(19-16-11)9-6-17(5-4-13)7-14-9/h6-8,10H,2-5,13H2,1H3. The smallest absolute Gasteiger partial charge is 0.278 e.